The van der Waals surface area contributed by atoms with Gasteiger partial charge in [0, 0.05) is 5.56 Å². The standard InChI is InChI=1S/C11H7FN4/c12-9-4-2-1-3-8(9)10-5-6-11-14-13-7-16(11)15-10/h1-7H. The van der Waals surface area contributed by atoms with Gasteiger partial charge in [0.05, 0.1) is 5.69 Å². The smallest absolute Gasteiger partial charge is 0.177 e. The molecule has 0 unspecified atom stereocenters. The van der Waals surface area contributed by atoms with Gasteiger partial charge in [-0.2, -0.15) is 9.61 Å². The molecule has 78 valence electrons. The number of benzene rings is 1. The minimum Gasteiger partial charge on any atom is -0.206 e. The van der Waals surface area contributed by atoms with Crippen molar-refractivity contribution in [2.75, 3.05) is 0 Å². The summed E-state index contributed by atoms with van der Waals surface area (Å²) in [7, 11) is 0. The van der Waals surface area contributed by atoms with Gasteiger partial charge in [0.2, 0.25) is 0 Å². The second-order valence-electron chi connectivity index (χ2n) is 3.33. The van der Waals surface area contributed by atoms with Crippen LogP contribution in [-0.2, 0) is 0 Å². The van der Waals surface area contributed by atoms with Crippen molar-refractivity contribution < 1.29 is 4.39 Å². The van der Waals surface area contributed by atoms with E-state index in [1.54, 1.807) is 30.3 Å². The fourth-order valence-electron chi connectivity index (χ4n) is 1.54. The van der Waals surface area contributed by atoms with Crippen molar-refractivity contribution in [2.24, 2.45) is 0 Å². The van der Waals surface area contributed by atoms with Crippen LogP contribution in [0.5, 0.6) is 0 Å². The molecule has 0 aliphatic heterocycles. The number of hydrogen-bond acceptors (Lipinski definition) is 3. The average Bonchev–Trinajstić information content (AvgIpc) is 2.76. The Morgan fingerprint density at radius 1 is 1.06 bits per heavy atom. The van der Waals surface area contributed by atoms with Crippen LogP contribution in [0.15, 0.2) is 42.7 Å². The fourth-order valence-corrected chi connectivity index (χ4v) is 1.54. The predicted octanol–water partition coefficient (Wildman–Crippen LogP) is 1.93. The van der Waals surface area contributed by atoms with Crippen LogP contribution in [0.4, 0.5) is 4.39 Å². The lowest BCUT2D eigenvalue weighted by molar-refractivity contribution is 0.630. The summed E-state index contributed by atoms with van der Waals surface area (Å²) in [5.41, 5.74) is 1.67. The van der Waals surface area contributed by atoms with E-state index >= 15 is 0 Å². The first kappa shape index (κ1) is 8.96. The SMILES string of the molecule is Fc1ccccc1-c1ccc2nncn2n1. The second-order valence-corrected chi connectivity index (χ2v) is 3.33. The topological polar surface area (TPSA) is 43.1 Å². The number of hydrogen-bond donors (Lipinski definition) is 0. The van der Waals surface area contributed by atoms with Crippen molar-refractivity contribution in [2.45, 2.75) is 0 Å². The quantitative estimate of drug-likeness (QED) is 0.621. The molecule has 0 radical (unpaired) electrons. The van der Waals surface area contributed by atoms with Crippen molar-refractivity contribution in [1.29, 1.82) is 0 Å². The summed E-state index contributed by atoms with van der Waals surface area (Å²) in [5, 5.41) is 11.8. The van der Waals surface area contributed by atoms with Gasteiger partial charge in [0.25, 0.3) is 0 Å². The van der Waals surface area contributed by atoms with E-state index in [-0.39, 0.29) is 5.82 Å². The van der Waals surface area contributed by atoms with E-state index in [1.807, 2.05) is 0 Å². The summed E-state index contributed by atoms with van der Waals surface area (Å²) in [6, 6.07) is 10.00. The third-order valence-electron chi connectivity index (χ3n) is 2.31. The van der Waals surface area contributed by atoms with Crippen LogP contribution in [-0.4, -0.2) is 19.8 Å². The van der Waals surface area contributed by atoms with Crippen LogP contribution in [0.2, 0.25) is 0 Å². The molecular weight excluding hydrogens is 207 g/mol. The van der Waals surface area contributed by atoms with Crippen LogP contribution in [0.25, 0.3) is 16.9 Å². The Kier molecular flexibility index (Phi) is 1.89. The predicted molar refractivity (Wildman–Crippen MR) is 56.2 cm³/mol. The summed E-state index contributed by atoms with van der Waals surface area (Å²) in [5.74, 6) is -0.289. The summed E-state index contributed by atoms with van der Waals surface area (Å²) >= 11 is 0. The monoisotopic (exact) mass is 214 g/mol. The van der Waals surface area contributed by atoms with Crippen molar-refractivity contribution in [3.63, 3.8) is 0 Å². The molecule has 4 nitrogen and oxygen atoms in total. The van der Waals surface area contributed by atoms with Gasteiger partial charge in [-0.3, -0.25) is 0 Å². The van der Waals surface area contributed by atoms with Gasteiger partial charge < -0.3 is 0 Å². The first-order chi connectivity index (χ1) is 7.84. The summed E-state index contributed by atoms with van der Waals surface area (Å²) in [6.07, 6.45) is 1.49. The zero-order valence-electron chi connectivity index (χ0n) is 8.21. The third-order valence-corrected chi connectivity index (χ3v) is 2.31. The molecule has 0 saturated carbocycles. The van der Waals surface area contributed by atoms with E-state index in [2.05, 4.69) is 15.3 Å². The van der Waals surface area contributed by atoms with Crippen LogP contribution in [0.3, 0.4) is 0 Å². The summed E-state index contributed by atoms with van der Waals surface area (Å²) in [4.78, 5) is 0. The first-order valence-corrected chi connectivity index (χ1v) is 4.76. The van der Waals surface area contributed by atoms with Crippen LogP contribution in [0.1, 0.15) is 0 Å². The molecular formula is C11H7FN4. The molecule has 0 bridgehead atoms. The lowest BCUT2D eigenvalue weighted by Crippen LogP contribution is -1.94. The molecule has 2 heterocycles. The van der Waals surface area contributed by atoms with E-state index in [4.69, 9.17) is 0 Å². The highest BCUT2D eigenvalue weighted by Gasteiger charge is 2.06. The average molecular weight is 214 g/mol. The van der Waals surface area contributed by atoms with Crippen LogP contribution >= 0.6 is 0 Å². The van der Waals surface area contributed by atoms with Gasteiger partial charge in [-0.1, -0.05) is 12.1 Å². The van der Waals surface area contributed by atoms with Gasteiger partial charge in [-0.15, -0.1) is 10.2 Å². The van der Waals surface area contributed by atoms with Crippen molar-refractivity contribution >= 4 is 5.65 Å². The van der Waals surface area contributed by atoms with Crippen molar-refractivity contribution in [1.82, 2.24) is 19.8 Å². The van der Waals surface area contributed by atoms with Crippen LogP contribution < -0.4 is 0 Å². The normalized spacial score (nSPS) is 10.8. The largest absolute Gasteiger partial charge is 0.206 e. The fraction of sp³-hybridized carbons (Fsp3) is 0. The number of nitrogens with zero attached hydrogens (tertiary/aromatic N) is 4. The van der Waals surface area contributed by atoms with E-state index < -0.39 is 0 Å². The zero-order chi connectivity index (χ0) is 11.0. The van der Waals surface area contributed by atoms with E-state index in [0.717, 1.165) is 0 Å². The molecule has 0 atom stereocenters. The number of fused-ring (bicyclic) bond motifs is 1. The molecule has 2 aromatic heterocycles. The minimum absolute atomic E-state index is 0.289. The molecule has 0 fully saturated rings. The van der Waals surface area contributed by atoms with E-state index in [9.17, 15) is 4.39 Å². The Bertz CT molecular complexity index is 647. The summed E-state index contributed by atoms with van der Waals surface area (Å²) < 4.78 is 15.0. The molecule has 0 aliphatic carbocycles. The van der Waals surface area contributed by atoms with E-state index in [0.29, 0.717) is 16.9 Å². The number of halogens is 1. The first-order valence-electron chi connectivity index (χ1n) is 4.76. The molecule has 0 aliphatic rings. The van der Waals surface area contributed by atoms with Gasteiger partial charge in [-0.25, -0.2) is 4.39 Å². The number of aromatic nitrogens is 4. The van der Waals surface area contributed by atoms with E-state index in [1.165, 1.54) is 16.9 Å². The highest BCUT2D eigenvalue weighted by atomic mass is 19.1. The number of rotatable bonds is 1. The minimum atomic E-state index is -0.289. The van der Waals surface area contributed by atoms with Crippen LogP contribution in [0, 0.1) is 5.82 Å². The molecule has 3 rings (SSSR count). The maximum atomic E-state index is 13.5. The molecule has 3 aromatic rings. The third kappa shape index (κ3) is 1.33. The Labute approximate surface area is 90.4 Å². The van der Waals surface area contributed by atoms with Crippen molar-refractivity contribution in [3.8, 4) is 11.3 Å². The highest BCUT2D eigenvalue weighted by Crippen LogP contribution is 2.19. The molecule has 0 spiro atoms. The maximum Gasteiger partial charge on any atom is 0.177 e. The molecule has 5 heteroatoms. The molecule has 0 amide bonds. The van der Waals surface area contributed by atoms with Gasteiger partial charge >= 0.3 is 0 Å². The van der Waals surface area contributed by atoms with Gasteiger partial charge in [-0.05, 0) is 24.3 Å². The Hall–Kier alpha value is -2.30. The van der Waals surface area contributed by atoms with Gasteiger partial charge in [0.1, 0.15) is 12.1 Å². The second kappa shape index (κ2) is 3.37. The summed E-state index contributed by atoms with van der Waals surface area (Å²) in [6.45, 7) is 0. The molecule has 0 saturated heterocycles. The molecule has 16 heavy (non-hydrogen) atoms. The van der Waals surface area contributed by atoms with Gasteiger partial charge in [0.15, 0.2) is 5.65 Å². The Morgan fingerprint density at radius 2 is 1.94 bits per heavy atom. The highest BCUT2D eigenvalue weighted by molar-refractivity contribution is 5.60. The molecule has 0 N–H and O–H groups in total. The zero-order valence-corrected chi connectivity index (χ0v) is 8.21. The lowest BCUT2D eigenvalue weighted by atomic mass is 10.1. The Balaban J connectivity index is 2.22. The van der Waals surface area contributed by atoms with Crippen molar-refractivity contribution in [3.05, 3.63) is 48.5 Å². The Morgan fingerprint density at radius 3 is 2.81 bits per heavy atom. The lowest BCUT2D eigenvalue weighted by Gasteiger charge is -2.01. The maximum absolute atomic E-state index is 13.5. The molecule has 1 aromatic carbocycles.